The molecule has 174 valence electrons. The summed E-state index contributed by atoms with van der Waals surface area (Å²) in [6, 6.07) is 9.80. The maximum Gasteiger partial charge on any atom is 0.416 e. The molecule has 1 aromatic carbocycles. The molecule has 1 aliphatic rings. The third kappa shape index (κ3) is 5.68. The predicted octanol–water partition coefficient (Wildman–Crippen LogP) is 5.23. The van der Waals surface area contributed by atoms with Gasteiger partial charge in [-0.3, -0.25) is 9.78 Å². The highest BCUT2D eigenvalue weighted by molar-refractivity contribution is 5.77. The number of hydrogen-bond acceptors (Lipinski definition) is 4. The number of pyridine rings is 1. The summed E-state index contributed by atoms with van der Waals surface area (Å²) in [5.74, 6) is -0.399. The van der Waals surface area contributed by atoms with Crippen molar-refractivity contribution in [2.75, 3.05) is 19.7 Å². The first-order valence-corrected chi connectivity index (χ1v) is 11.1. The van der Waals surface area contributed by atoms with E-state index in [0.717, 1.165) is 23.7 Å². The molecule has 1 aromatic heterocycles. The zero-order chi connectivity index (χ0) is 23.4. The van der Waals surface area contributed by atoms with E-state index in [2.05, 4.69) is 16.8 Å². The number of halogens is 3. The average Bonchev–Trinajstić information content (AvgIpc) is 2.75. The van der Waals surface area contributed by atoms with E-state index >= 15 is 0 Å². The van der Waals surface area contributed by atoms with Gasteiger partial charge in [-0.25, -0.2) is 0 Å². The van der Waals surface area contributed by atoms with E-state index in [1.165, 1.54) is 12.1 Å². The molecule has 0 amide bonds. The highest BCUT2D eigenvalue weighted by Gasteiger charge is 2.45. The Balaban J connectivity index is 1.76. The van der Waals surface area contributed by atoms with Crippen LogP contribution in [0.4, 0.5) is 13.2 Å². The fourth-order valence-electron chi connectivity index (χ4n) is 4.50. The number of nitrogens with zero attached hydrogens (tertiary/aromatic N) is 2. The summed E-state index contributed by atoms with van der Waals surface area (Å²) in [4.78, 5) is 19.7. The SMILES string of the molecule is CCOC(=O)C1(Cc2ccccc2C(F)(F)F)CCN(C(C)Cc2ccc(C)cn2)CC1. The van der Waals surface area contributed by atoms with Gasteiger partial charge in [0.25, 0.3) is 0 Å². The molecular weight excluding hydrogens is 417 g/mol. The van der Waals surface area contributed by atoms with Gasteiger partial charge in [0.2, 0.25) is 0 Å². The highest BCUT2D eigenvalue weighted by Crippen LogP contribution is 2.41. The molecule has 1 saturated heterocycles. The molecule has 2 heterocycles. The van der Waals surface area contributed by atoms with Crippen LogP contribution in [0.3, 0.4) is 0 Å². The standard InChI is InChI=1S/C25H31F3N2O2/c1-4-32-23(31)24(16-20-7-5-6-8-22(20)25(26,27)28)11-13-30(14-12-24)19(3)15-21-10-9-18(2)17-29-21/h5-10,17,19H,4,11-16H2,1-3H3. The second kappa shape index (κ2) is 10.0. The van der Waals surface area contributed by atoms with Crippen molar-refractivity contribution in [2.24, 2.45) is 5.41 Å². The van der Waals surface area contributed by atoms with Crippen LogP contribution in [-0.2, 0) is 28.5 Å². The van der Waals surface area contributed by atoms with Crippen LogP contribution in [0.15, 0.2) is 42.6 Å². The molecule has 1 unspecified atom stereocenters. The van der Waals surface area contributed by atoms with E-state index < -0.39 is 23.1 Å². The molecule has 0 radical (unpaired) electrons. The number of rotatable bonds is 7. The molecule has 3 rings (SSSR count). The predicted molar refractivity (Wildman–Crippen MR) is 117 cm³/mol. The Morgan fingerprint density at radius 2 is 1.88 bits per heavy atom. The van der Waals surface area contributed by atoms with Crippen molar-refractivity contribution in [3.8, 4) is 0 Å². The topological polar surface area (TPSA) is 42.4 Å². The first kappa shape index (κ1) is 24.2. The first-order chi connectivity index (χ1) is 15.1. The van der Waals surface area contributed by atoms with Crippen LogP contribution in [0.5, 0.6) is 0 Å². The van der Waals surface area contributed by atoms with Crippen LogP contribution in [0.25, 0.3) is 0 Å². The lowest BCUT2D eigenvalue weighted by atomic mass is 9.72. The van der Waals surface area contributed by atoms with Crippen LogP contribution in [-0.4, -0.2) is 41.6 Å². The Morgan fingerprint density at radius 1 is 1.19 bits per heavy atom. The highest BCUT2D eigenvalue weighted by atomic mass is 19.4. The second-order valence-electron chi connectivity index (χ2n) is 8.75. The summed E-state index contributed by atoms with van der Waals surface area (Å²) in [6.07, 6.45) is -0.870. The van der Waals surface area contributed by atoms with E-state index in [1.807, 2.05) is 25.3 Å². The lowest BCUT2D eigenvalue weighted by Gasteiger charge is -2.42. The largest absolute Gasteiger partial charge is 0.466 e. The normalized spacial score (nSPS) is 17.7. The van der Waals surface area contributed by atoms with Gasteiger partial charge in [-0.15, -0.1) is 0 Å². The third-order valence-electron chi connectivity index (χ3n) is 6.42. The van der Waals surface area contributed by atoms with E-state index in [0.29, 0.717) is 25.9 Å². The Kier molecular flexibility index (Phi) is 7.59. The van der Waals surface area contributed by atoms with Crippen molar-refractivity contribution in [1.82, 2.24) is 9.88 Å². The van der Waals surface area contributed by atoms with E-state index in [4.69, 9.17) is 4.74 Å². The van der Waals surface area contributed by atoms with E-state index in [1.54, 1.807) is 13.0 Å². The average molecular weight is 449 g/mol. The fraction of sp³-hybridized carbons (Fsp3) is 0.520. The lowest BCUT2D eigenvalue weighted by molar-refractivity contribution is -0.159. The number of aryl methyl sites for hydroxylation is 1. The number of carbonyl (C=O) groups is 1. The van der Waals surface area contributed by atoms with Crippen LogP contribution in [0.2, 0.25) is 0 Å². The Hall–Kier alpha value is -2.41. The van der Waals surface area contributed by atoms with Gasteiger partial charge >= 0.3 is 12.1 Å². The maximum absolute atomic E-state index is 13.5. The lowest BCUT2D eigenvalue weighted by Crippen LogP contribution is -2.49. The number of esters is 1. The minimum atomic E-state index is -4.46. The first-order valence-electron chi connectivity index (χ1n) is 11.1. The molecule has 0 aliphatic carbocycles. The van der Waals surface area contributed by atoms with Crippen molar-refractivity contribution < 1.29 is 22.7 Å². The van der Waals surface area contributed by atoms with Gasteiger partial charge in [-0.1, -0.05) is 24.3 Å². The summed E-state index contributed by atoms with van der Waals surface area (Å²) in [5, 5.41) is 0. The van der Waals surface area contributed by atoms with E-state index in [9.17, 15) is 18.0 Å². The summed E-state index contributed by atoms with van der Waals surface area (Å²) >= 11 is 0. The zero-order valence-electron chi connectivity index (χ0n) is 18.9. The molecule has 1 atom stereocenters. The van der Waals surface area contributed by atoms with Crippen molar-refractivity contribution in [3.63, 3.8) is 0 Å². The van der Waals surface area contributed by atoms with Gasteiger partial charge in [0, 0.05) is 24.4 Å². The summed E-state index contributed by atoms with van der Waals surface area (Å²) < 4.78 is 46.0. The van der Waals surface area contributed by atoms with Gasteiger partial charge in [0.1, 0.15) is 0 Å². The summed E-state index contributed by atoms with van der Waals surface area (Å²) in [6.45, 7) is 7.30. The smallest absolute Gasteiger partial charge is 0.416 e. The van der Waals surface area contributed by atoms with Crippen LogP contribution >= 0.6 is 0 Å². The number of hydrogen-bond donors (Lipinski definition) is 0. The molecule has 32 heavy (non-hydrogen) atoms. The molecule has 4 nitrogen and oxygen atoms in total. The molecule has 1 fully saturated rings. The summed E-state index contributed by atoms with van der Waals surface area (Å²) in [5.41, 5.74) is 0.640. The van der Waals surface area contributed by atoms with Gasteiger partial charge in [0.05, 0.1) is 17.6 Å². The maximum atomic E-state index is 13.5. The fourth-order valence-corrected chi connectivity index (χ4v) is 4.50. The quantitative estimate of drug-likeness (QED) is 0.544. The van der Waals surface area contributed by atoms with E-state index in [-0.39, 0.29) is 24.6 Å². The van der Waals surface area contributed by atoms with Crippen molar-refractivity contribution in [1.29, 1.82) is 0 Å². The molecule has 0 spiro atoms. The van der Waals surface area contributed by atoms with Gasteiger partial charge in [-0.2, -0.15) is 13.2 Å². The second-order valence-corrected chi connectivity index (χ2v) is 8.75. The van der Waals surface area contributed by atoms with Crippen LogP contribution < -0.4 is 0 Å². The third-order valence-corrected chi connectivity index (χ3v) is 6.42. The molecule has 7 heteroatoms. The molecule has 0 saturated carbocycles. The van der Waals surface area contributed by atoms with Crippen molar-refractivity contribution in [2.45, 2.75) is 58.7 Å². The van der Waals surface area contributed by atoms with Gasteiger partial charge in [-0.05, 0) is 76.4 Å². The number of likely N-dealkylation sites (tertiary alicyclic amines) is 1. The minimum absolute atomic E-state index is 0.0310. The molecule has 0 bridgehead atoms. The zero-order valence-corrected chi connectivity index (χ0v) is 18.9. The van der Waals surface area contributed by atoms with Crippen LogP contribution in [0.1, 0.15) is 49.1 Å². The minimum Gasteiger partial charge on any atom is -0.466 e. The molecule has 2 aromatic rings. The molecule has 1 aliphatic heterocycles. The number of ether oxygens (including phenoxy) is 1. The number of aromatic nitrogens is 1. The van der Waals surface area contributed by atoms with Gasteiger partial charge in [0.15, 0.2) is 0 Å². The molecule has 0 N–H and O–H groups in total. The summed E-state index contributed by atoms with van der Waals surface area (Å²) in [7, 11) is 0. The number of piperidine rings is 1. The number of alkyl halides is 3. The molecular formula is C25H31F3N2O2. The van der Waals surface area contributed by atoms with Crippen molar-refractivity contribution in [3.05, 3.63) is 65.0 Å². The van der Waals surface area contributed by atoms with Crippen LogP contribution in [0, 0.1) is 12.3 Å². The van der Waals surface area contributed by atoms with Gasteiger partial charge < -0.3 is 9.64 Å². The Labute approximate surface area is 187 Å². The van der Waals surface area contributed by atoms with Crippen molar-refractivity contribution >= 4 is 5.97 Å². The number of benzene rings is 1. The monoisotopic (exact) mass is 448 g/mol. The Morgan fingerprint density at radius 3 is 2.47 bits per heavy atom. The Bertz CT molecular complexity index is 904. The number of carbonyl (C=O) groups excluding carboxylic acids is 1.